The first-order chi connectivity index (χ1) is 12.9. The highest BCUT2D eigenvalue weighted by Crippen LogP contribution is 2.31. The Morgan fingerprint density at radius 1 is 1.07 bits per heavy atom. The van der Waals surface area contributed by atoms with E-state index in [1.54, 1.807) is 42.5 Å². The zero-order valence-corrected chi connectivity index (χ0v) is 17.2. The number of barbiturate groups is 1. The van der Waals surface area contributed by atoms with Gasteiger partial charge in [0.25, 0.3) is 5.91 Å². The Kier molecular flexibility index (Phi) is 5.71. The van der Waals surface area contributed by atoms with Crippen molar-refractivity contribution in [2.75, 3.05) is 12.0 Å². The lowest BCUT2D eigenvalue weighted by Gasteiger charge is -2.28. The van der Waals surface area contributed by atoms with Crippen LogP contribution in [0.15, 0.2) is 56.4 Å². The Hall–Kier alpha value is -2.52. The van der Waals surface area contributed by atoms with Gasteiger partial charge in [0, 0.05) is 15.2 Å². The second-order valence-corrected chi connectivity index (χ2v) is 7.35. The van der Waals surface area contributed by atoms with E-state index in [0.717, 1.165) is 13.8 Å². The fourth-order valence-electron chi connectivity index (χ4n) is 2.48. The molecule has 1 aliphatic rings. The molecule has 0 radical (unpaired) electrons. The van der Waals surface area contributed by atoms with E-state index in [0.29, 0.717) is 17.1 Å². The van der Waals surface area contributed by atoms with Crippen molar-refractivity contribution in [3.8, 4) is 5.75 Å². The molecule has 2 aromatic carbocycles. The summed E-state index contributed by atoms with van der Waals surface area (Å²) in [5.41, 5.74) is 0.797. The van der Waals surface area contributed by atoms with Crippen LogP contribution in [0.3, 0.4) is 0 Å². The number of aliphatic imine (C=N–C) groups is 1. The Balaban J connectivity index is 1.92. The monoisotopic (exact) mass is 493 g/mol. The van der Waals surface area contributed by atoms with E-state index >= 15 is 0 Å². The second-order valence-electron chi connectivity index (χ2n) is 5.52. The molecule has 0 aromatic heterocycles. The lowest BCUT2D eigenvalue weighted by atomic mass is 10.1. The lowest BCUT2D eigenvalue weighted by Crippen LogP contribution is -2.58. The van der Waals surface area contributed by atoms with Crippen molar-refractivity contribution in [3.63, 3.8) is 0 Å². The topological polar surface area (TPSA) is 88.1 Å². The molecule has 1 N–H and O–H groups in total. The zero-order chi connectivity index (χ0) is 19.6. The third-order valence-electron chi connectivity index (χ3n) is 3.79. The number of benzene rings is 2. The molecule has 1 aliphatic heterocycles. The van der Waals surface area contributed by atoms with Crippen molar-refractivity contribution in [2.45, 2.75) is 0 Å². The lowest BCUT2D eigenvalue weighted by molar-refractivity contribution is -0.131. The SMILES string of the molecule is COc1ccc(Br)cc1N=C[C@@H]1C(=O)NC(=O)N(c2ccc(Br)cc2)C1=O. The number of urea groups is 1. The Morgan fingerprint density at radius 3 is 2.41 bits per heavy atom. The van der Waals surface area contributed by atoms with E-state index in [2.05, 4.69) is 42.2 Å². The van der Waals surface area contributed by atoms with Crippen LogP contribution >= 0.6 is 31.9 Å². The standard InChI is InChI=1S/C18H13Br2N3O4/c1-27-15-7-4-11(20)8-14(15)21-9-13-16(24)22-18(26)23(17(13)25)12-5-2-10(19)3-6-12/h2-9,13H,1H3,(H,22,24,26)/t13-/m1/s1. The number of nitrogens with zero attached hydrogens (tertiary/aromatic N) is 2. The molecule has 1 atom stereocenters. The first-order valence-electron chi connectivity index (χ1n) is 7.73. The van der Waals surface area contributed by atoms with E-state index in [1.165, 1.54) is 13.3 Å². The molecule has 7 nitrogen and oxygen atoms in total. The van der Waals surface area contributed by atoms with Crippen LogP contribution in [0.2, 0.25) is 0 Å². The number of nitrogens with one attached hydrogen (secondary N) is 1. The van der Waals surface area contributed by atoms with Gasteiger partial charge in [-0.2, -0.15) is 0 Å². The molecule has 0 saturated carbocycles. The van der Waals surface area contributed by atoms with Crippen LogP contribution in [0.5, 0.6) is 5.75 Å². The Bertz CT molecular complexity index is 944. The molecule has 0 aliphatic carbocycles. The van der Waals surface area contributed by atoms with Crippen LogP contribution < -0.4 is 15.0 Å². The average molecular weight is 495 g/mol. The number of methoxy groups -OCH3 is 1. The maximum Gasteiger partial charge on any atom is 0.335 e. The molecule has 3 rings (SSSR count). The fourth-order valence-corrected chi connectivity index (χ4v) is 3.09. The van der Waals surface area contributed by atoms with Gasteiger partial charge in [0.15, 0.2) is 5.92 Å². The van der Waals surface area contributed by atoms with Gasteiger partial charge < -0.3 is 4.74 Å². The average Bonchev–Trinajstić information content (AvgIpc) is 2.63. The van der Waals surface area contributed by atoms with Gasteiger partial charge in [-0.1, -0.05) is 31.9 Å². The van der Waals surface area contributed by atoms with Crippen molar-refractivity contribution in [3.05, 3.63) is 51.4 Å². The van der Waals surface area contributed by atoms with Gasteiger partial charge in [0.05, 0.1) is 12.8 Å². The number of imide groups is 2. The predicted octanol–water partition coefficient (Wildman–Crippen LogP) is 3.82. The van der Waals surface area contributed by atoms with Gasteiger partial charge >= 0.3 is 6.03 Å². The Labute approximate surface area is 171 Å². The highest BCUT2D eigenvalue weighted by Gasteiger charge is 2.40. The molecule has 4 amide bonds. The minimum atomic E-state index is -1.24. The largest absolute Gasteiger partial charge is 0.494 e. The molecule has 27 heavy (non-hydrogen) atoms. The fraction of sp³-hybridized carbons (Fsp3) is 0.111. The van der Waals surface area contributed by atoms with Crippen LogP contribution in [0.25, 0.3) is 0 Å². The number of hydrogen-bond acceptors (Lipinski definition) is 5. The van der Waals surface area contributed by atoms with Crippen molar-refractivity contribution >= 4 is 67.3 Å². The van der Waals surface area contributed by atoms with Gasteiger partial charge in [-0.25, -0.2) is 9.69 Å². The first kappa shape index (κ1) is 19.2. The highest BCUT2D eigenvalue weighted by molar-refractivity contribution is 9.10. The zero-order valence-electron chi connectivity index (χ0n) is 14.0. The molecular weight excluding hydrogens is 482 g/mol. The molecule has 0 bridgehead atoms. The summed E-state index contributed by atoms with van der Waals surface area (Å²) in [5.74, 6) is -2.16. The third-order valence-corrected chi connectivity index (χ3v) is 4.81. The van der Waals surface area contributed by atoms with E-state index in [-0.39, 0.29) is 0 Å². The Morgan fingerprint density at radius 2 is 1.74 bits per heavy atom. The minimum Gasteiger partial charge on any atom is -0.494 e. The molecule has 1 fully saturated rings. The summed E-state index contributed by atoms with van der Waals surface area (Å²) in [6.07, 6.45) is 1.21. The maximum atomic E-state index is 12.8. The first-order valence-corrected chi connectivity index (χ1v) is 9.31. The van der Waals surface area contributed by atoms with E-state index in [1.807, 2.05) is 0 Å². The molecule has 138 valence electrons. The summed E-state index contributed by atoms with van der Waals surface area (Å²) in [7, 11) is 1.49. The van der Waals surface area contributed by atoms with E-state index in [9.17, 15) is 14.4 Å². The number of hydrogen-bond donors (Lipinski definition) is 1. The van der Waals surface area contributed by atoms with E-state index < -0.39 is 23.8 Å². The van der Waals surface area contributed by atoms with Gasteiger partial charge in [0.2, 0.25) is 5.91 Å². The van der Waals surface area contributed by atoms with Gasteiger partial charge in [-0.05, 0) is 42.5 Å². The van der Waals surface area contributed by atoms with Crippen LogP contribution in [0, 0.1) is 5.92 Å². The summed E-state index contributed by atoms with van der Waals surface area (Å²) in [4.78, 5) is 42.2. The number of carbonyl (C=O) groups is 3. The van der Waals surface area contributed by atoms with Crippen molar-refractivity contribution in [1.29, 1.82) is 0 Å². The maximum absolute atomic E-state index is 12.8. The summed E-state index contributed by atoms with van der Waals surface area (Å²) in [6.45, 7) is 0. The van der Waals surface area contributed by atoms with E-state index in [4.69, 9.17) is 4.74 Å². The quantitative estimate of drug-likeness (QED) is 0.517. The molecule has 1 saturated heterocycles. The smallest absolute Gasteiger partial charge is 0.335 e. The second kappa shape index (κ2) is 8.01. The number of ether oxygens (including phenoxy) is 1. The molecular formula is C18H13Br2N3O4. The summed E-state index contributed by atoms with van der Waals surface area (Å²) in [5, 5.41) is 2.18. The molecule has 9 heteroatoms. The third kappa shape index (κ3) is 4.09. The predicted molar refractivity (Wildman–Crippen MR) is 108 cm³/mol. The number of halogens is 2. The molecule has 2 aromatic rings. The summed E-state index contributed by atoms with van der Waals surface area (Å²) < 4.78 is 6.79. The number of amides is 4. The number of rotatable bonds is 4. The molecule has 1 heterocycles. The van der Waals surface area contributed by atoms with Crippen LogP contribution in [0.4, 0.5) is 16.2 Å². The molecule has 0 unspecified atom stereocenters. The van der Waals surface area contributed by atoms with Crippen molar-refractivity contribution in [2.24, 2.45) is 10.9 Å². The minimum absolute atomic E-state index is 0.353. The van der Waals surface area contributed by atoms with Crippen molar-refractivity contribution in [1.82, 2.24) is 5.32 Å². The van der Waals surface area contributed by atoms with Crippen LogP contribution in [-0.2, 0) is 9.59 Å². The molecule has 0 spiro atoms. The normalized spacial score (nSPS) is 17.4. The summed E-state index contributed by atoms with van der Waals surface area (Å²) in [6, 6.07) is 11.0. The highest BCUT2D eigenvalue weighted by atomic mass is 79.9. The number of carbonyl (C=O) groups excluding carboxylic acids is 3. The number of anilines is 1. The van der Waals surface area contributed by atoms with Gasteiger partial charge in [-0.15, -0.1) is 0 Å². The van der Waals surface area contributed by atoms with Gasteiger partial charge in [0.1, 0.15) is 11.4 Å². The van der Waals surface area contributed by atoms with Crippen molar-refractivity contribution < 1.29 is 19.1 Å². The summed E-state index contributed by atoms with van der Waals surface area (Å²) >= 11 is 6.63. The van der Waals surface area contributed by atoms with Gasteiger partial charge in [-0.3, -0.25) is 19.9 Å². The van der Waals surface area contributed by atoms with Crippen LogP contribution in [-0.4, -0.2) is 31.2 Å². The van der Waals surface area contributed by atoms with Crippen LogP contribution in [0.1, 0.15) is 0 Å².